The van der Waals surface area contributed by atoms with Crippen LogP contribution in [-0.4, -0.2) is 23.5 Å². The van der Waals surface area contributed by atoms with E-state index in [0.29, 0.717) is 11.9 Å². The van der Waals surface area contributed by atoms with Crippen molar-refractivity contribution in [1.82, 2.24) is 10.3 Å². The monoisotopic (exact) mass is 247 g/mol. The maximum Gasteiger partial charge on any atom is 0.228 e. The smallest absolute Gasteiger partial charge is 0.228 e. The Hall–Kier alpha value is -1.42. The molecule has 2 heterocycles. The molecule has 0 aliphatic carbocycles. The number of piperidine rings is 1. The van der Waals surface area contributed by atoms with Gasteiger partial charge in [0.05, 0.1) is 0 Å². The molecule has 1 aromatic rings. The number of carbonyl (C=O) groups excluding carboxylic acids is 1. The molecular formula is C14H21N3O. The number of amides is 1. The van der Waals surface area contributed by atoms with Crippen LogP contribution in [0.5, 0.6) is 0 Å². The van der Waals surface area contributed by atoms with Crippen LogP contribution in [0.3, 0.4) is 0 Å². The number of carbonyl (C=O) groups is 1. The third kappa shape index (κ3) is 3.29. The average molecular weight is 247 g/mol. The summed E-state index contributed by atoms with van der Waals surface area (Å²) in [5.41, 5.74) is 2.06. The minimum atomic E-state index is 0.0980. The predicted molar refractivity (Wildman–Crippen MR) is 72.5 cm³/mol. The summed E-state index contributed by atoms with van der Waals surface area (Å²) in [5, 5.41) is 6.29. The molecule has 2 unspecified atom stereocenters. The second-order valence-electron chi connectivity index (χ2n) is 5.24. The van der Waals surface area contributed by atoms with Crippen LogP contribution < -0.4 is 10.6 Å². The number of anilines is 1. The normalized spacial score (nSPS) is 23.7. The van der Waals surface area contributed by atoms with Crippen molar-refractivity contribution >= 4 is 11.7 Å². The van der Waals surface area contributed by atoms with Gasteiger partial charge in [-0.3, -0.25) is 4.79 Å². The molecule has 1 aliphatic rings. The zero-order valence-corrected chi connectivity index (χ0v) is 11.3. The predicted octanol–water partition coefficient (Wildman–Crippen LogP) is 2.03. The van der Waals surface area contributed by atoms with Crippen molar-refractivity contribution in [2.75, 3.05) is 11.9 Å². The van der Waals surface area contributed by atoms with Gasteiger partial charge in [-0.15, -0.1) is 0 Å². The van der Waals surface area contributed by atoms with Crippen LogP contribution in [0.15, 0.2) is 12.1 Å². The summed E-state index contributed by atoms with van der Waals surface area (Å²) >= 11 is 0. The first-order valence-electron chi connectivity index (χ1n) is 6.54. The third-order valence-electron chi connectivity index (χ3n) is 3.34. The Kier molecular flexibility index (Phi) is 3.97. The minimum Gasteiger partial charge on any atom is -0.314 e. The summed E-state index contributed by atoms with van der Waals surface area (Å²) in [4.78, 5) is 16.5. The molecule has 18 heavy (non-hydrogen) atoms. The van der Waals surface area contributed by atoms with E-state index >= 15 is 0 Å². The van der Waals surface area contributed by atoms with Crippen molar-refractivity contribution < 1.29 is 4.79 Å². The maximum absolute atomic E-state index is 12.2. The van der Waals surface area contributed by atoms with Crippen LogP contribution in [-0.2, 0) is 4.79 Å². The lowest BCUT2D eigenvalue weighted by Gasteiger charge is -2.27. The van der Waals surface area contributed by atoms with Gasteiger partial charge in [-0.1, -0.05) is 0 Å². The molecule has 0 radical (unpaired) electrons. The summed E-state index contributed by atoms with van der Waals surface area (Å²) in [6.45, 7) is 6.99. The molecule has 4 heteroatoms. The molecule has 0 bridgehead atoms. The highest BCUT2D eigenvalue weighted by molar-refractivity contribution is 5.91. The Bertz CT molecular complexity index is 424. The second kappa shape index (κ2) is 5.48. The van der Waals surface area contributed by atoms with Gasteiger partial charge in [0.1, 0.15) is 5.82 Å². The van der Waals surface area contributed by atoms with E-state index < -0.39 is 0 Å². The van der Waals surface area contributed by atoms with Crippen LogP contribution in [0.25, 0.3) is 0 Å². The lowest BCUT2D eigenvalue weighted by atomic mass is 9.92. The lowest BCUT2D eigenvalue weighted by Crippen LogP contribution is -2.40. The van der Waals surface area contributed by atoms with Crippen molar-refractivity contribution in [3.8, 4) is 0 Å². The number of hydrogen-bond acceptors (Lipinski definition) is 3. The van der Waals surface area contributed by atoms with Crippen LogP contribution in [0.1, 0.15) is 31.0 Å². The molecule has 2 rings (SSSR count). The fourth-order valence-corrected chi connectivity index (χ4v) is 2.50. The Labute approximate surface area is 108 Å². The van der Waals surface area contributed by atoms with Crippen molar-refractivity contribution in [3.05, 3.63) is 23.4 Å². The van der Waals surface area contributed by atoms with Crippen molar-refractivity contribution in [2.45, 2.75) is 39.7 Å². The Balaban J connectivity index is 2.02. The summed E-state index contributed by atoms with van der Waals surface area (Å²) in [7, 11) is 0. The van der Waals surface area contributed by atoms with Gasteiger partial charge in [-0.2, -0.15) is 0 Å². The SMILES string of the molecule is Cc1cc(C)nc(NC(=O)C2CCNC(C)C2)c1. The largest absolute Gasteiger partial charge is 0.314 e. The highest BCUT2D eigenvalue weighted by Crippen LogP contribution is 2.18. The molecule has 1 aliphatic heterocycles. The van der Waals surface area contributed by atoms with Gasteiger partial charge in [0.15, 0.2) is 0 Å². The van der Waals surface area contributed by atoms with Gasteiger partial charge in [0.2, 0.25) is 5.91 Å². The maximum atomic E-state index is 12.2. The molecule has 2 N–H and O–H groups in total. The average Bonchev–Trinajstić information content (AvgIpc) is 2.27. The first-order valence-corrected chi connectivity index (χ1v) is 6.54. The number of rotatable bonds is 2. The lowest BCUT2D eigenvalue weighted by molar-refractivity contribution is -0.120. The van der Waals surface area contributed by atoms with Crippen molar-refractivity contribution in [1.29, 1.82) is 0 Å². The molecule has 98 valence electrons. The third-order valence-corrected chi connectivity index (χ3v) is 3.34. The molecule has 0 spiro atoms. The van der Waals surface area contributed by atoms with E-state index in [4.69, 9.17) is 0 Å². The Morgan fingerprint density at radius 2 is 2.22 bits per heavy atom. The fraction of sp³-hybridized carbons (Fsp3) is 0.571. The van der Waals surface area contributed by atoms with Crippen LogP contribution in [0.2, 0.25) is 0 Å². The highest BCUT2D eigenvalue weighted by Gasteiger charge is 2.24. The summed E-state index contributed by atoms with van der Waals surface area (Å²) in [6, 6.07) is 4.33. The number of aromatic nitrogens is 1. The number of hydrogen-bond donors (Lipinski definition) is 2. The summed E-state index contributed by atoms with van der Waals surface area (Å²) < 4.78 is 0. The molecule has 1 amide bonds. The van der Waals surface area contributed by atoms with E-state index in [9.17, 15) is 4.79 Å². The van der Waals surface area contributed by atoms with Gasteiger partial charge in [0, 0.05) is 17.7 Å². The van der Waals surface area contributed by atoms with E-state index in [1.165, 1.54) is 0 Å². The zero-order valence-electron chi connectivity index (χ0n) is 11.3. The van der Waals surface area contributed by atoms with Crippen molar-refractivity contribution in [3.63, 3.8) is 0 Å². The van der Waals surface area contributed by atoms with Gasteiger partial charge in [-0.25, -0.2) is 4.98 Å². The molecule has 1 saturated heterocycles. The number of nitrogens with zero attached hydrogens (tertiary/aromatic N) is 1. The van der Waals surface area contributed by atoms with Crippen LogP contribution in [0.4, 0.5) is 5.82 Å². The molecule has 0 saturated carbocycles. The van der Waals surface area contributed by atoms with Gasteiger partial charge in [0.25, 0.3) is 0 Å². The van der Waals surface area contributed by atoms with E-state index in [1.807, 2.05) is 26.0 Å². The molecule has 0 aromatic carbocycles. The van der Waals surface area contributed by atoms with Gasteiger partial charge in [-0.05, 0) is 57.9 Å². The number of pyridine rings is 1. The highest BCUT2D eigenvalue weighted by atomic mass is 16.1. The van der Waals surface area contributed by atoms with E-state index in [-0.39, 0.29) is 11.8 Å². The first kappa shape index (κ1) is 13.0. The Morgan fingerprint density at radius 3 is 2.89 bits per heavy atom. The minimum absolute atomic E-state index is 0.0980. The van der Waals surface area contributed by atoms with E-state index in [2.05, 4.69) is 22.5 Å². The van der Waals surface area contributed by atoms with Gasteiger partial charge >= 0.3 is 0 Å². The number of nitrogens with one attached hydrogen (secondary N) is 2. The quantitative estimate of drug-likeness (QED) is 0.840. The molecular weight excluding hydrogens is 226 g/mol. The second-order valence-corrected chi connectivity index (χ2v) is 5.24. The molecule has 1 fully saturated rings. The first-order chi connectivity index (χ1) is 8.54. The van der Waals surface area contributed by atoms with Gasteiger partial charge < -0.3 is 10.6 Å². The topological polar surface area (TPSA) is 54.0 Å². The molecule has 2 atom stereocenters. The van der Waals surface area contributed by atoms with Crippen LogP contribution in [0, 0.1) is 19.8 Å². The number of aryl methyl sites for hydroxylation is 2. The van der Waals surface area contributed by atoms with Crippen molar-refractivity contribution in [2.24, 2.45) is 5.92 Å². The van der Waals surface area contributed by atoms with E-state index in [0.717, 1.165) is 30.6 Å². The fourth-order valence-electron chi connectivity index (χ4n) is 2.50. The standard InChI is InChI=1S/C14H21N3O/c1-9-6-11(3)16-13(7-9)17-14(18)12-4-5-15-10(2)8-12/h6-7,10,12,15H,4-5,8H2,1-3H3,(H,16,17,18). The summed E-state index contributed by atoms with van der Waals surface area (Å²) in [6.07, 6.45) is 1.80. The van der Waals surface area contributed by atoms with Crippen LogP contribution >= 0.6 is 0 Å². The summed E-state index contributed by atoms with van der Waals surface area (Å²) in [5.74, 6) is 0.869. The molecule has 4 nitrogen and oxygen atoms in total. The Morgan fingerprint density at radius 1 is 1.44 bits per heavy atom. The zero-order chi connectivity index (χ0) is 13.1. The van der Waals surface area contributed by atoms with E-state index in [1.54, 1.807) is 0 Å². The molecule has 1 aromatic heterocycles.